The Morgan fingerprint density at radius 2 is 1.73 bits per heavy atom. The molecule has 0 aliphatic carbocycles. The Balaban J connectivity index is 1.56. The van der Waals surface area contributed by atoms with Gasteiger partial charge in [-0.3, -0.25) is 25.5 Å². The molecule has 0 fully saturated rings. The minimum Gasteiger partial charge on any atom is -0.494 e. The van der Waals surface area contributed by atoms with E-state index >= 15 is 0 Å². The van der Waals surface area contributed by atoms with Crippen LogP contribution in [-0.2, 0) is 4.79 Å². The summed E-state index contributed by atoms with van der Waals surface area (Å²) >= 11 is 5.90. The molecule has 0 saturated heterocycles. The summed E-state index contributed by atoms with van der Waals surface area (Å²) in [5.41, 5.74) is 6.26. The van der Waals surface area contributed by atoms with Crippen LogP contribution in [0, 0.1) is 0 Å². The molecule has 9 heteroatoms. The van der Waals surface area contributed by atoms with E-state index in [-0.39, 0.29) is 5.56 Å². The fourth-order valence-corrected chi connectivity index (χ4v) is 2.75. The first kappa shape index (κ1) is 21.2. The number of aromatic nitrogens is 2. The summed E-state index contributed by atoms with van der Waals surface area (Å²) in [5, 5.41) is 7.27. The van der Waals surface area contributed by atoms with Crippen molar-refractivity contribution in [2.24, 2.45) is 0 Å². The summed E-state index contributed by atoms with van der Waals surface area (Å²) in [6, 6.07) is 13.9. The zero-order valence-electron chi connectivity index (χ0n) is 16.4. The number of aromatic amines is 1. The fourth-order valence-electron chi connectivity index (χ4n) is 2.62. The SMILES string of the molecule is CCOc1ccc(OC(C)C(=O)NNC(=O)c2cn[nH]c2-c2ccc(Cl)cc2)cc1. The van der Waals surface area contributed by atoms with Crippen LogP contribution >= 0.6 is 11.6 Å². The Morgan fingerprint density at radius 1 is 1.07 bits per heavy atom. The topological polar surface area (TPSA) is 105 Å². The molecule has 1 unspecified atom stereocenters. The van der Waals surface area contributed by atoms with Crippen molar-refractivity contribution in [3.05, 3.63) is 65.3 Å². The molecule has 1 heterocycles. The maximum atomic E-state index is 12.5. The molecule has 156 valence electrons. The van der Waals surface area contributed by atoms with Gasteiger partial charge in [0, 0.05) is 10.6 Å². The second kappa shape index (κ2) is 9.80. The van der Waals surface area contributed by atoms with Gasteiger partial charge in [0.2, 0.25) is 0 Å². The van der Waals surface area contributed by atoms with Gasteiger partial charge in [0.05, 0.1) is 24.1 Å². The summed E-state index contributed by atoms with van der Waals surface area (Å²) in [6.07, 6.45) is 0.550. The minimum absolute atomic E-state index is 0.276. The van der Waals surface area contributed by atoms with Gasteiger partial charge in [-0.25, -0.2) is 0 Å². The average Bonchev–Trinajstić information content (AvgIpc) is 3.24. The largest absolute Gasteiger partial charge is 0.494 e. The lowest BCUT2D eigenvalue weighted by Crippen LogP contribution is -2.47. The molecule has 30 heavy (non-hydrogen) atoms. The lowest BCUT2D eigenvalue weighted by Gasteiger charge is -2.15. The number of carbonyl (C=O) groups excluding carboxylic acids is 2. The van der Waals surface area contributed by atoms with Gasteiger partial charge in [-0.2, -0.15) is 5.10 Å². The lowest BCUT2D eigenvalue weighted by atomic mass is 10.1. The first-order valence-corrected chi connectivity index (χ1v) is 9.64. The number of halogens is 1. The number of nitrogens with one attached hydrogen (secondary N) is 3. The third-order valence-corrected chi connectivity index (χ3v) is 4.38. The number of benzene rings is 2. The van der Waals surface area contributed by atoms with Crippen molar-refractivity contribution in [2.75, 3.05) is 6.61 Å². The Labute approximate surface area is 178 Å². The van der Waals surface area contributed by atoms with Gasteiger partial charge >= 0.3 is 0 Å². The molecule has 3 aromatic rings. The van der Waals surface area contributed by atoms with Crippen molar-refractivity contribution in [2.45, 2.75) is 20.0 Å². The minimum atomic E-state index is -0.830. The molecule has 1 aromatic heterocycles. The highest BCUT2D eigenvalue weighted by atomic mass is 35.5. The predicted molar refractivity (Wildman–Crippen MR) is 112 cm³/mol. The first-order chi connectivity index (χ1) is 14.5. The average molecular weight is 429 g/mol. The van der Waals surface area contributed by atoms with Gasteiger partial charge in [-0.15, -0.1) is 0 Å². The van der Waals surface area contributed by atoms with E-state index in [1.54, 1.807) is 55.5 Å². The number of amides is 2. The first-order valence-electron chi connectivity index (χ1n) is 9.27. The number of hydrazine groups is 1. The molecule has 3 N–H and O–H groups in total. The standard InChI is InChI=1S/C21H21ClN4O4/c1-3-29-16-8-10-17(11-9-16)30-13(2)20(27)25-26-21(28)18-12-23-24-19(18)14-4-6-15(22)7-5-14/h4-13H,3H2,1-2H3,(H,23,24)(H,25,27)(H,26,28). The summed E-state index contributed by atoms with van der Waals surface area (Å²) in [4.78, 5) is 24.8. The number of H-pyrrole nitrogens is 1. The van der Waals surface area contributed by atoms with Crippen molar-refractivity contribution in [3.63, 3.8) is 0 Å². The van der Waals surface area contributed by atoms with Crippen LogP contribution in [0.25, 0.3) is 11.3 Å². The van der Waals surface area contributed by atoms with Crippen LogP contribution in [0.2, 0.25) is 5.02 Å². The quantitative estimate of drug-likeness (QED) is 0.500. The molecule has 0 bridgehead atoms. The van der Waals surface area contributed by atoms with Crippen molar-refractivity contribution >= 4 is 23.4 Å². The second-order valence-corrected chi connectivity index (χ2v) is 6.71. The third kappa shape index (κ3) is 5.30. The Morgan fingerprint density at radius 3 is 2.40 bits per heavy atom. The fraction of sp³-hybridized carbons (Fsp3) is 0.190. The van der Waals surface area contributed by atoms with Crippen LogP contribution < -0.4 is 20.3 Å². The van der Waals surface area contributed by atoms with Gasteiger partial charge in [0.25, 0.3) is 11.8 Å². The zero-order chi connectivity index (χ0) is 21.5. The molecule has 0 aliphatic heterocycles. The Hall–Kier alpha value is -3.52. The summed E-state index contributed by atoms with van der Waals surface area (Å²) in [5.74, 6) is 0.196. The number of nitrogens with zero attached hydrogens (tertiary/aromatic N) is 1. The van der Waals surface area contributed by atoms with Crippen LogP contribution in [-0.4, -0.2) is 34.7 Å². The van der Waals surface area contributed by atoms with E-state index in [2.05, 4.69) is 21.0 Å². The van der Waals surface area contributed by atoms with Crippen LogP contribution in [0.1, 0.15) is 24.2 Å². The maximum absolute atomic E-state index is 12.5. The normalized spacial score (nSPS) is 11.4. The molecule has 0 radical (unpaired) electrons. The second-order valence-electron chi connectivity index (χ2n) is 6.27. The zero-order valence-corrected chi connectivity index (χ0v) is 17.2. The van der Waals surface area contributed by atoms with Gasteiger partial charge in [-0.1, -0.05) is 23.7 Å². The van der Waals surface area contributed by atoms with Crippen molar-refractivity contribution in [1.82, 2.24) is 21.0 Å². The molecular weight excluding hydrogens is 408 g/mol. The summed E-state index contributed by atoms with van der Waals surface area (Å²) in [7, 11) is 0. The third-order valence-electron chi connectivity index (χ3n) is 4.13. The van der Waals surface area contributed by atoms with E-state index in [4.69, 9.17) is 21.1 Å². The monoisotopic (exact) mass is 428 g/mol. The van der Waals surface area contributed by atoms with Crippen molar-refractivity contribution < 1.29 is 19.1 Å². The molecule has 0 spiro atoms. The Kier molecular flexibility index (Phi) is 6.92. The van der Waals surface area contributed by atoms with Crippen LogP contribution in [0.4, 0.5) is 0 Å². The molecular formula is C21H21ClN4O4. The van der Waals surface area contributed by atoms with Crippen LogP contribution in [0.15, 0.2) is 54.7 Å². The van der Waals surface area contributed by atoms with E-state index in [1.165, 1.54) is 6.20 Å². The number of hydrogen-bond acceptors (Lipinski definition) is 5. The van der Waals surface area contributed by atoms with Crippen molar-refractivity contribution in [3.8, 4) is 22.8 Å². The van der Waals surface area contributed by atoms with E-state index in [0.29, 0.717) is 28.8 Å². The molecule has 0 aliphatic rings. The number of rotatable bonds is 7. The van der Waals surface area contributed by atoms with Gasteiger partial charge in [0.15, 0.2) is 6.10 Å². The van der Waals surface area contributed by atoms with E-state index in [9.17, 15) is 9.59 Å². The van der Waals surface area contributed by atoms with E-state index in [0.717, 1.165) is 5.56 Å². The number of hydrogen-bond donors (Lipinski definition) is 3. The lowest BCUT2D eigenvalue weighted by molar-refractivity contribution is -0.128. The van der Waals surface area contributed by atoms with Gasteiger partial charge in [0.1, 0.15) is 11.5 Å². The Bertz CT molecular complexity index is 1000. The number of ether oxygens (including phenoxy) is 2. The van der Waals surface area contributed by atoms with E-state index < -0.39 is 17.9 Å². The smallest absolute Gasteiger partial charge is 0.279 e. The van der Waals surface area contributed by atoms with Crippen molar-refractivity contribution in [1.29, 1.82) is 0 Å². The summed E-state index contributed by atoms with van der Waals surface area (Å²) < 4.78 is 11.0. The van der Waals surface area contributed by atoms with E-state index in [1.807, 2.05) is 6.92 Å². The molecule has 2 amide bonds. The highest BCUT2D eigenvalue weighted by Crippen LogP contribution is 2.23. The highest BCUT2D eigenvalue weighted by Gasteiger charge is 2.19. The molecule has 8 nitrogen and oxygen atoms in total. The molecule has 2 aromatic carbocycles. The highest BCUT2D eigenvalue weighted by molar-refractivity contribution is 6.30. The summed E-state index contributed by atoms with van der Waals surface area (Å²) in [6.45, 7) is 4.04. The molecule has 3 rings (SSSR count). The van der Waals surface area contributed by atoms with Crippen LogP contribution in [0.3, 0.4) is 0 Å². The van der Waals surface area contributed by atoms with Gasteiger partial charge < -0.3 is 9.47 Å². The maximum Gasteiger partial charge on any atom is 0.279 e. The molecule has 1 atom stereocenters. The van der Waals surface area contributed by atoms with Crippen LogP contribution in [0.5, 0.6) is 11.5 Å². The number of carbonyl (C=O) groups is 2. The molecule has 0 saturated carbocycles. The predicted octanol–water partition coefficient (Wildman–Crippen LogP) is 3.36. The van der Waals surface area contributed by atoms with Gasteiger partial charge in [-0.05, 0) is 50.2 Å².